The van der Waals surface area contributed by atoms with E-state index in [2.05, 4.69) is 5.32 Å². The quantitative estimate of drug-likeness (QED) is 0.897. The molecule has 94 valence electrons. The molecular formula is C13H18FNOS. The van der Waals surface area contributed by atoms with Gasteiger partial charge in [0.15, 0.2) is 0 Å². The summed E-state index contributed by atoms with van der Waals surface area (Å²) in [6, 6.07) is 5.41. The van der Waals surface area contributed by atoms with Crippen LogP contribution in [-0.2, 0) is 4.74 Å². The van der Waals surface area contributed by atoms with Gasteiger partial charge in [-0.1, -0.05) is 12.1 Å². The molecule has 0 radical (unpaired) electrons. The van der Waals surface area contributed by atoms with Crippen LogP contribution in [0.2, 0.25) is 0 Å². The maximum absolute atomic E-state index is 13.3. The third kappa shape index (κ3) is 3.00. The predicted octanol–water partition coefficient (Wildman–Crippen LogP) is 2.53. The molecule has 1 aromatic carbocycles. The number of thioether (sulfide) groups is 1. The van der Waals surface area contributed by atoms with Crippen molar-refractivity contribution in [3.63, 3.8) is 0 Å². The van der Waals surface area contributed by atoms with Crippen LogP contribution in [0.3, 0.4) is 0 Å². The lowest BCUT2D eigenvalue weighted by atomic mass is 10.00. The molecule has 17 heavy (non-hydrogen) atoms. The molecule has 0 aliphatic carbocycles. The second-order valence-corrected chi connectivity index (χ2v) is 5.41. The minimum atomic E-state index is -0.150. The van der Waals surface area contributed by atoms with E-state index in [-0.39, 0.29) is 18.0 Å². The molecule has 4 heteroatoms. The molecule has 2 rings (SSSR count). The van der Waals surface area contributed by atoms with E-state index < -0.39 is 0 Å². The van der Waals surface area contributed by atoms with Gasteiger partial charge in [0, 0.05) is 11.5 Å². The smallest absolute Gasteiger partial charge is 0.126 e. The molecule has 0 saturated carbocycles. The van der Waals surface area contributed by atoms with E-state index in [9.17, 15) is 4.39 Å². The van der Waals surface area contributed by atoms with Crippen LogP contribution in [0, 0.1) is 12.7 Å². The van der Waals surface area contributed by atoms with Gasteiger partial charge in [-0.2, -0.15) is 11.8 Å². The summed E-state index contributed by atoms with van der Waals surface area (Å²) >= 11 is 1.91. The number of hydrogen-bond acceptors (Lipinski definition) is 3. The van der Waals surface area contributed by atoms with Gasteiger partial charge < -0.3 is 10.1 Å². The average molecular weight is 255 g/mol. The molecule has 0 spiro atoms. The Kier molecular flexibility index (Phi) is 4.42. The Balaban J connectivity index is 2.18. The highest BCUT2D eigenvalue weighted by molar-refractivity contribution is 7.99. The Morgan fingerprint density at radius 3 is 2.94 bits per heavy atom. The Hall–Kier alpha value is -0.580. The third-order valence-electron chi connectivity index (χ3n) is 3.07. The summed E-state index contributed by atoms with van der Waals surface area (Å²) in [6.07, 6.45) is 0.170. The van der Waals surface area contributed by atoms with Crippen LogP contribution in [0.15, 0.2) is 18.2 Å². The third-order valence-corrected chi connectivity index (χ3v) is 4.09. The number of halogens is 1. The molecule has 1 fully saturated rings. The van der Waals surface area contributed by atoms with Gasteiger partial charge in [-0.05, 0) is 31.2 Å². The van der Waals surface area contributed by atoms with Crippen LogP contribution in [-0.4, -0.2) is 31.3 Å². The maximum Gasteiger partial charge on any atom is 0.126 e. The van der Waals surface area contributed by atoms with Gasteiger partial charge in [-0.3, -0.25) is 0 Å². The van der Waals surface area contributed by atoms with Gasteiger partial charge >= 0.3 is 0 Å². The molecule has 0 bridgehead atoms. The molecule has 0 aromatic heterocycles. The summed E-state index contributed by atoms with van der Waals surface area (Å²) in [5.41, 5.74) is 1.78. The van der Waals surface area contributed by atoms with Crippen LogP contribution in [0.5, 0.6) is 0 Å². The number of aryl methyl sites for hydroxylation is 1. The van der Waals surface area contributed by atoms with E-state index in [4.69, 9.17) is 4.74 Å². The van der Waals surface area contributed by atoms with E-state index in [0.717, 1.165) is 23.7 Å². The fraction of sp³-hybridized carbons (Fsp3) is 0.538. The highest BCUT2D eigenvalue weighted by atomic mass is 32.2. The zero-order valence-corrected chi connectivity index (χ0v) is 11.0. The number of ether oxygens (including phenoxy) is 1. The van der Waals surface area contributed by atoms with Crippen molar-refractivity contribution in [1.82, 2.24) is 5.32 Å². The zero-order chi connectivity index (χ0) is 12.3. The van der Waals surface area contributed by atoms with E-state index in [1.807, 2.05) is 30.9 Å². The molecule has 2 atom stereocenters. The van der Waals surface area contributed by atoms with Crippen LogP contribution in [0.1, 0.15) is 17.2 Å². The predicted molar refractivity (Wildman–Crippen MR) is 70.0 cm³/mol. The van der Waals surface area contributed by atoms with E-state index >= 15 is 0 Å². The molecule has 1 heterocycles. The zero-order valence-electron chi connectivity index (χ0n) is 10.2. The van der Waals surface area contributed by atoms with Crippen molar-refractivity contribution >= 4 is 11.8 Å². The fourth-order valence-electron chi connectivity index (χ4n) is 2.13. The van der Waals surface area contributed by atoms with E-state index in [0.29, 0.717) is 5.56 Å². The lowest BCUT2D eigenvalue weighted by Gasteiger charge is -2.30. The second-order valence-electron chi connectivity index (χ2n) is 4.26. The Bertz CT molecular complexity index is 380. The lowest BCUT2D eigenvalue weighted by molar-refractivity contribution is 0.0488. The minimum absolute atomic E-state index is 0.141. The highest BCUT2D eigenvalue weighted by Gasteiger charge is 2.25. The van der Waals surface area contributed by atoms with Gasteiger partial charge in [0.25, 0.3) is 0 Å². The monoisotopic (exact) mass is 255 g/mol. The van der Waals surface area contributed by atoms with Crippen molar-refractivity contribution in [2.75, 3.05) is 25.2 Å². The van der Waals surface area contributed by atoms with Gasteiger partial charge in [0.2, 0.25) is 0 Å². The number of hydrogen-bond donors (Lipinski definition) is 1. The second kappa shape index (κ2) is 5.85. The van der Waals surface area contributed by atoms with Crippen molar-refractivity contribution in [3.05, 3.63) is 35.1 Å². The summed E-state index contributed by atoms with van der Waals surface area (Å²) in [5, 5.41) is 3.27. The van der Waals surface area contributed by atoms with Crippen LogP contribution >= 0.6 is 11.8 Å². The fourth-order valence-corrected chi connectivity index (χ4v) is 3.03. The topological polar surface area (TPSA) is 21.3 Å². The molecule has 1 saturated heterocycles. The summed E-state index contributed by atoms with van der Waals surface area (Å²) in [6.45, 7) is 2.59. The van der Waals surface area contributed by atoms with Crippen LogP contribution < -0.4 is 5.32 Å². The molecule has 1 aromatic rings. The summed E-state index contributed by atoms with van der Waals surface area (Å²) in [7, 11) is 1.92. The number of nitrogens with one attached hydrogen (secondary N) is 1. The SMILES string of the molecule is CNC(c1ccc(F)c(C)c1)C1CSCCO1. The van der Waals surface area contributed by atoms with Crippen molar-refractivity contribution in [2.24, 2.45) is 0 Å². The molecule has 0 amide bonds. The molecule has 1 aliphatic heterocycles. The summed E-state index contributed by atoms with van der Waals surface area (Å²) in [5.74, 6) is 1.90. The van der Waals surface area contributed by atoms with Crippen molar-refractivity contribution < 1.29 is 9.13 Å². The van der Waals surface area contributed by atoms with Crippen molar-refractivity contribution in [1.29, 1.82) is 0 Å². The van der Waals surface area contributed by atoms with Gasteiger partial charge in [-0.15, -0.1) is 0 Å². The maximum atomic E-state index is 13.3. The molecular weight excluding hydrogens is 237 g/mol. The Morgan fingerprint density at radius 1 is 1.53 bits per heavy atom. The van der Waals surface area contributed by atoms with Gasteiger partial charge in [0.1, 0.15) is 5.82 Å². The van der Waals surface area contributed by atoms with Crippen LogP contribution in [0.25, 0.3) is 0 Å². The number of likely N-dealkylation sites (N-methyl/N-ethyl adjacent to an activating group) is 1. The Labute approximate surface area is 106 Å². The first-order valence-corrected chi connectivity index (χ1v) is 7.00. The van der Waals surface area contributed by atoms with Gasteiger partial charge in [-0.25, -0.2) is 4.39 Å². The average Bonchev–Trinajstić information content (AvgIpc) is 2.36. The highest BCUT2D eigenvalue weighted by Crippen LogP contribution is 2.26. The molecule has 1 aliphatic rings. The minimum Gasteiger partial charge on any atom is -0.375 e. The lowest BCUT2D eigenvalue weighted by Crippen LogP contribution is -2.36. The number of rotatable bonds is 3. The Morgan fingerprint density at radius 2 is 2.35 bits per heavy atom. The standard InChI is InChI=1S/C13H18FNOS/c1-9-7-10(3-4-11(9)14)13(15-2)12-8-17-6-5-16-12/h3-4,7,12-13,15H,5-6,8H2,1-2H3. The van der Waals surface area contributed by atoms with E-state index in [1.54, 1.807) is 6.92 Å². The summed E-state index contributed by atoms with van der Waals surface area (Å²) < 4.78 is 19.0. The first-order valence-electron chi connectivity index (χ1n) is 5.85. The molecule has 1 N–H and O–H groups in total. The van der Waals surface area contributed by atoms with Gasteiger partial charge in [0.05, 0.1) is 18.8 Å². The number of benzene rings is 1. The largest absolute Gasteiger partial charge is 0.375 e. The van der Waals surface area contributed by atoms with Crippen molar-refractivity contribution in [2.45, 2.75) is 19.1 Å². The molecule has 2 unspecified atom stereocenters. The summed E-state index contributed by atoms with van der Waals surface area (Å²) in [4.78, 5) is 0. The first kappa shape index (κ1) is 12.9. The first-order chi connectivity index (χ1) is 8.22. The normalized spacial score (nSPS) is 22.4. The van der Waals surface area contributed by atoms with Crippen LogP contribution in [0.4, 0.5) is 4.39 Å². The molecule has 2 nitrogen and oxygen atoms in total. The van der Waals surface area contributed by atoms with E-state index in [1.165, 1.54) is 6.07 Å². The van der Waals surface area contributed by atoms with Crippen molar-refractivity contribution in [3.8, 4) is 0 Å².